The van der Waals surface area contributed by atoms with Gasteiger partial charge in [-0.15, -0.1) is 0 Å². The van der Waals surface area contributed by atoms with Crippen molar-refractivity contribution in [1.82, 2.24) is 4.98 Å². The molecule has 1 heterocycles. The lowest BCUT2D eigenvalue weighted by Crippen LogP contribution is -2.52. The molecule has 1 aromatic heterocycles. The molecule has 5 rings (SSSR count). The van der Waals surface area contributed by atoms with Crippen LogP contribution in [0, 0.1) is 28.6 Å². The highest BCUT2D eigenvalue weighted by molar-refractivity contribution is 5.92. The van der Waals surface area contributed by atoms with E-state index in [1.54, 1.807) is 6.08 Å². The Balaban J connectivity index is 1.51. The van der Waals surface area contributed by atoms with Gasteiger partial charge in [0.25, 0.3) is 0 Å². The fourth-order valence-electron chi connectivity index (χ4n) is 7.10. The number of rotatable bonds is 1. The van der Waals surface area contributed by atoms with Gasteiger partial charge in [0.05, 0.1) is 0 Å². The molecular formula is C24H28FNO. The van der Waals surface area contributed by atoms with E-state index in [0.717, 1.165) is 31.3 Å². The van der Waals surface area contributed by atoms with E-state index in [2.05, 4.69) is 31.0 Å². The standard InChI is InChI=1S/C24H28FNO/c1-23-10-8-20-17(13-22(25)21-12-16(27)7-9-24(20,21)2)19(23)6-5-18(23)15-4-3-11-26-14-15/h3-5,11-12,14,17,19-20,22H,6-10,13H2,1-2H3/t17-,19-,20-,22?,23+,24+/m0/s1. The van der Waals surface area contributed by atoms with Crippen molar-refractivity contribution in [2.45, 2.75) is 58.5 Å². The largest absolute Gasteiger partial charge is 0.295 e. The Hall–Kier alpha value is -1.77. The maximum Gasteiger partial charge on any atom is 0.155 e. The summed E-state index contributed by atoms with van der Waals surface area (Å²) < 4.78 is 15.3. The molecule has 1 aromatic rings. The van der Waals surface area contributed by atoms with E-state index in [9.17, 15) is 4.79 Å². The highest BCUT2D eigenvalue weighted by Crippen LogP contribution is 2.66. The van der Waals surface area contributed by atoms with E-state index in [1.807, 2.05) is 18.5 Å². The van der Waals surface area contributed by atoms with E-state index in [0.29, 0.717) is 30.6 Å². The normalized spacial score (nSPS) is 43.3. The molecule has 4 aliphatic rings. The van der Waals surface area contributed by atoms with Crippen molar-refractivity contribution in [3.63, 3.8) is 0 Å². The van der Waals surface area contributed by atoms with E-state index in [-0.39, 0.29) is 16.6 Å². The van der Waals surface area contributed by atoms with Crippen LogP contribution in [0.15, 0.2) is 42.3 Å². The molecule has 0 aliphatic heterocycles. The molecule has 2 fully saturated rings. The van der Waals surface area contributed by atoms with Crippen LogP contribution in [-0.2, 0) is 4.79 Å². The van der Waals surface area contributed by atoms with E-state index < -0.39 is 6.17 Å². The molecule has 2 saturated carbocycles. The molecule has 27 heavy (non-hydrogen) atoms. The Morgan fingerprint density at radius 1 is 1.19 bits per heavy atom. The van der Waals surface area contributed by atoms with Gasteiger partial charge >= 0.3 is 0 Å². The number of hydrogen-bond donors (Lipinski definition) is 0. The van der Waals surface area contributed by atoms with Crippen LogP contribution in [0.25, 0.3) is 5.57 Å². The molecule has 3 heteroatoms. The van der Waals surface area contributed by atoms with Gasteiger partial charge in [-0.25, -0.2) is 4.39 Å². The number of carbonyl (C=O) groups excluding carboxylic acids is 1. The fraction of sp³-hybridized carbons (Fsp3) is 0.583. The van der Waals surface area contributed by atoms with Crippen molar-refractivity contribution in [3.8, 4) is 0 Å². The molecule has 0 aromatic carbocycles. The molecule has 0 N–H and O–H groups in total. The quantitative estimate of drug-likeness (QED) is 0.652. The van der Waals surface area contributed by atoms with Crippen molar-refractivity contribution in [2.24, 2.45) is 28.6 Å². The predicted octanol–water partition coefficient (Wildman–Crippen LogP) is 5.55. The van der Waals surface area contributed by atoms with Gasteiger partial charge in [0.15, 0.2) is 5.78 Å². The Labute approximate surface area is 161 Å². The Morgan fingerprint density at radius 3 is 2.81 bits per heavy atom. The number of halogens is 1. The van der Waals surface area contributed by atoms with Crippen LogP contribution < -0.4 is 0 Å². The second kappa shape index (κ2) is 5.86. The van der Waals surface area contributed by atoms with Crippen molar-refractivity contribution >= 4 is 11.4 Å². The number of allylic oxidation sites excluding steroid dienone is 4. The Morgan fingerprint density at radius 2 is 2.04 bits per heavy atom. The van der Waals surface area contributed by atoms with Crippen molar-refractivity contribution in [2.75, 3.05) is 0 Å². The number of fused-ring (bicyclic) bond motifs is 5. The molecule has 0 bridgehead atoms. The zero-order valence-electron chi connectivity index (χ0n) is 16.2. The average molecular weight is 365 g/mol. The third-order valence-electron chi connectivity index (χ3n) is 8.49. The second-order valence-electron chi connectivity index (χ2n) is 9.61. The molecule has 0 amide bonds. The second-order valence-corrected chi connectivity index (χ2v) is 9.61. The fourth-order valence-corrected chi connectivity index (χ4v) is 7.10. The summed E-state index contributed by atoms with van der Waals surface area (Å²) in [6.45, 7) is 4.63. The summed E-state index contributed by atoms with van der Waals surface area (Å²) in [5, 5.41) is 0. The first kappa shape index (κ1) is 17.3. The molecule has 4 aliphatic carbocycles. The number of carbonyl (C=O) groups is 1. The SMILES string of the molecule is C[C@]12CCC(=O)C=C1C(F)C[C@@H]1[C@@H]2CC[C@]2(C)C(c3cccnc3)=CC[C@@H]12. The summed E-state index contributed by atoms with van der Waals surface area (Å²) in [7, 11) is 0. The minimum atomic E-state index is -0.953. The third-order valence-corrected chi connectivity index (χ3v) is 8.49. The van der Waals surface area contributed by atoms with E-state index >= 15 is 4.39 Å². The number of ketones is 1. The van der Waals surface area contributed by atoms with Gasteiger partial charge in [-0.1, -0.05) is 26.0 Å². The number of nitrogens with zero attached hydrogens (tertiary/aromatic N) is 1. The molecule has 142 valence electrons. The monoisotopic (exact) mass is 365 g/mol. The summed E-state index contributed by atoms with van der Waals surface area (Å²) in [6, 6.07) is 4.17. The lowest BCUT2D eigenvalue weighted by atomic mass is 9.46. The summed E-state index contributed by atoms with van der Waals surface area (Å²) in [5.74, 6) is 1.52. The number of alkyl halides is 1. The molecule has 0 saturated heterocycles. The van der Waals surface area contributed by atoms with Crippen LogP contribution in [0.1, 0.15) is 57.9 Å². The predicted molar refractivity (Wildman–Crippen MR) is 105 cm³/mol. The van der Waals surface area contributed by atoms with Crippen LogP contribution in [0.4, 0.5) is 4.39 Å². The van der Waals surface area contributed by atoms with Crippen LogP contribution >= 0.6 is 0 Å². The maximum atomic E-state index is 15.3. The summed E-state index contributed by atoms with van der Waals surface area (Å²) in [6.07, 6.45) is 12.2. The van der Waals surface area contributed by atoms with Gasteiger partial charge in [-0.3, -0.25) is 9.78 Å². The topological polar surface area (TPSA) is 30.0 Å². The first-order valence-electron chi connectivity index (χ1n) is 10.4. The number of hydrogen-bond acceptors (Lipinski definition) is 2. The molecule has 2 nitrogen and oxygen atoms in total. The minimum Gasteiger partial charge on any atom is -0.295 e. The van der Waals surface area contributed by atoms with Gasteiger partial charge in [0, 0.05) is 18.8 Å². The third kappa shape index (κ3) is 2.36. The number of aromatic nitrogens is 1. The van der Waals surface area contributed by atoms with Gasteiger partial charge < -0.3 is 0 Å². The first-order valence-corrected chi connectivity index (χ1v) is 10.4. The zero-order valence-corrected chi connectivity index (χ0v) is 16.2. The van der Waals surface area contributed by atoms with Crippen molar-refractivity contribution < 1.29 is 9.18 Å². The molecule has 6 atom stereocenters. The van der Waals surface area contributed by atoms with Gasteiger partial charge in [-0.2, -0.15) is 0 Å². The zero-order chi connectivity index (χ0) is 18.8. The average Bonchev–Trinajstić information content (AvgIpc) is 3.01. The highest BCUT2D eigenvalue weighted by atomic mass is 19.1. The Bertz CT molecular complexity index is 843. The summed E-state index contributed by atoms with van der Waals surface area (Å²) in [5.41, 5.74) is 3.44. The smallest absolute Gasteiger partial charge is 0.155 e. The number of pyridine rings is 1. The molecule has 0 spiro atoms. The van der Waals surface area contributed by atoms with Crippen LogP contribution in [0.3, 0.4) is 0 Å². The Kier molecular flexibility index (Phi) is 3.76. The summed E-state index contributed by atoms with van der Waals surface area (Å²) >= 11 is 0. The van der Waals surface area contributed by atoms with Gasteiger partial charge in [0.2, 0.25) is 0 Å². The van der Waals surface area contributed by atoms with Crippen molar-refractivity contribution in [3.05, 3.63) is 47.8 Å². The van der Waals surface area contributed by atoms with Crippen LogP contribution in [0.2, 0.25) is 0 Å². The highest BCUT2D eigenvalue weighted by Gasteiger charge is 2.59. The molecule has 1 unspecified atom stereocenters. The van der Waals surface area contributed by atoms with Crippen LogP contribution in [0.5, 0.6) is 0 Å². The lowest BCUT2D eigenvalue weighted by molar-refractivity contribution is -0.117. The first-order chi connectivity index (χ1) is 12.9. The van der Waals surface area contributed by atoms with Crippen molar-refractivity contribution in [1.29, 1.82) is 0 Å². The van der Waals surface area contributed by atoms with Gasteiger partial charge in [-0.05, 0) is 89.5 Å². The van der Waals surface area contributed by atoms with Crippen LogP contribution in [-0.4, -0.2) is 16.9 Å². The molecule has 0 radical (unpaired) electrons. The van der Waals surface area contributed by atoms with E-state index in [4.69, 9.17) is 0 Å². The molecular weight excluding hydrogens is 337 g/mol. The lowest BCUT2D eigenvalue weighted by Gasteiger charge is -2.58. The maximum absolute atomic E-state index is 15.3. The van der Waals surface area contributed by atoms with E-state index in [1.165, 1.54) is 11.1 Å². The van der Waals surface area contributed by atoms with Gasteiger partial charge in [0.1, 0.15) is 6.17 Å². The minimum absolute atomic E-state index is 0.116. The summed E-state index contributed by atoms with van der Waals surface area (Å²) in [4.78, 5) is 16.3.